The molecule has 1 aromatic rings. The van der Waals surface area contributed by atoms with Gasteiger partial charge in [0.15, 0.2) is 0 Å². The number of aromatic nitrogens is 2. The number of hydrogen-bond acceptors (Lipinski definition) is 5. The molecule has 1 atom stereocenters. The molecular weight excluding hydrogens is 314 g/mol. The molecule has 1 saturated heterocycles. The number of amides is 1. The van der Waals surface area contributed by atoms with Crippen molar-refractivity contribution in [3.8, 4) is 0 Å². The number of nitrogens with one attached hydrogen (secondary N) is 1. The van der Waals surface area contributed by atoms with Crippen molar-refractivity contribution in [3.05, 3.63) is 18.6 Å². The number of nitrogens with zero attached hydrogens (tertiary/aromatic N) is 4. The summed E-state index contributed by atoms with van der Waals surface area (Å²) in [5.41, 5.74) is 0.132. The third-order valence-electron chi connectivity index (χ3n) is 5.99. The van der Waals surface area contributed by atoms with E-state index in [2.05, 4.69) is 39.2 Å². The van der Waals surface area contributed by atoms with Crippen molar-refractivity contribution in [3.63, 3.8) is 0 Å². The number of rotatable bonds is 5. The van der Waals surface area contributed by atoms with Crippen molar-refractivity contribution in [2.24, 2.45) is 5.92 Å². The fraction of sp³-hybridized carbons (Fsp3) is 0.737. The number of hydrogen-bond donors (Lipinski definition) is 1. The highest BCUT2D eigenvalue weighted by molar-refractivity contribution is 5.79. The number of anilines is 1. The second-order valence-corrected chi connectivity index (χ2v) is 7.75. The number of carbonyl (C=O) groups is 1. The summed E-state index contributed by atoms with van der Waals surface area (Å²) in [5.74, 6) is 1.11. The highest BCUT2D eigenvalue weighted by Gasteiger charge is 2.35. The van der Waals surface area contributed by atoms with E-state index >= 15 is 0 Å². The molecule has 138 valence electrons. The van der Waals surface area contributed by atoms with Crippen LogP contribution in [0.2, 0.25) is 0 Å². The maximum absolute atomic E-state index is 12.8. The maximum atomic E-state index is 12.8. The first-order chi connectivity index (χ1) is 12.1. The Morgan fingerprint density at radius 2 is 2.08 bits per heavy atom. The van der Waals surface area contributed by atoms with Crippen LogP contribution >= 0.6 is 0 Å². The lowest BCUT2D eigenvalue weighted by atomic mass is 9.80. The zero-order valence-electron chi connectivity index (χ0n) is 15.6. The van der Waals surface area contributed by atoms with Crippen LogP contribution in [0.5, 0.6) is 0 Å². The fourth-order valence-electron chi connectivity index (χ4n) is 4.24. The summed E-state index contributed by atoms with van der Waals surface area (Å²) < 4.78 is 0. The van der Waals surface area contributed by atoms with E-state index in [9.17, 15) is 4.79 Å². The van der Waals surface area contributed by atoms with Crippen molar-refractivity contribution in [1.29, 1.82) is 0 Å². The van der Waals surface area contributed by atoms with Crippen molar-refractivity contribution in [2.75, 3.05) is 38.6 Å². The van der Waals surface area contributed by atoms with Gasteiger partial charge in [-0.2, -0.15) is 0 Å². The molecule has 0 aromatic carbocycles. The van der Waals surface area contributed by atoms with Gasteiger partial charge in [-0.05, 0) is 39.8 Å². The molecule has 0 unspecified atom stereocenters. The smallest absolute Gasteiger partial charge is 0.224 e. The molecule has 2 heterocycles. The Hall–Kier alpha value is -1.69. The summed E-state index contributed by atoms with van der Waals surface area (Å²) in [7, 11) is 4.29. The van der Waals surface area contributed by atoms with Gasteiger partial charge >= 0.3 is 0 Å². The standard InChI is InChI=1S/C19H31N5O/c1-23(2)19(8-4-3-5-9-19)15-22-18(25)16-7-6-12-24(14-16)17-13-20-10-11-21-17/h10-11,13,16H,3-9,12,14-15H2,1-2H3,(H,22,25)/t16-/m0/s1. The molecule has 3 rings (SSSR count). The second kappa shape index (κ2) is 8.13. The third kappa shape index (κ3) is 4.29. The van der Waals surface area contributed by atoms with Gasteiger partial charge < -0.3 is 15.1 Å². The first-order valence-electron chi connectivity index (χ1n) is 9.57. The molecule has 0 bridgehead atoms. The van der Waals surface area contributed by atoms with Gasteiger partial charge in [0.1, 0.15) is 5.82 Å². The van der Waals surface area contributed by atoms with Crippen molar-refractivity contribution >= 4 is 11.7 Å². The minimum Gasteiger partial charge on any atom is -0.355 e. The summed E-state index contributed by atoms with van der Waals surface area (Å²) in [6.45, 7) is 2.45. The molecule has 1 amide bonds. The number of carbonyl (C=O) groups excluding carboxylic acids is 1. The highest BCUT2D eigenvalue weighted by atomic mass is 16.1. The summed E-state index contributed by atoms with van der Waals surface area (Å²) >= 11 is 0. The van der Waals surface area contributed by atoms with E-state index in [0.29, 0.717) is 0 Å². The Balaban J connectivity index is 1.57. The topological polar surface area (TPSA) is 61.4 Å². The highest BCUT2D eigenvalue weighted by Crippen LogP contribution is 2.31. The molecule has 1 aliphatic heterocycles. The van der Waals surface area contributed by atoms with Gasteiger partial charge in [0.2, 0.25) is 5.91 Å². The lowest BCUT2D eigenvalue weighted by molar-refractivity contribution is -0.126. The normalized spacial score (nSPS) is 23.5. The van der Waals surface area contributed by atoms with E-state index in [0.717, 1.165) is 38.3 Å². The van der Waals surface area contributed by atoms with Crippen LogP contribution in [0.3, 0.4) is 0 Å². The molecule has 0 spiro atoms. The Bertz CT molecular complexity index is 556. The molecule has 1 saturated carbocycles. The molecule has 2 aliphatic rings. The van der Waals surface area contributed by atoms with E-state index in [1.54, 1.807) is 18.6 Å². The van der Waals surface area contributed by atoms with Crippen LogP contribution in [0, 0.1) is 5.92 Å². The van der Waals surface area contributed by atoms with Gasteiger partial charge in [0.25, 0.3) is 0 Å². The predicted molar refractivity (Wildman–Crippen MR) is 99.5 cm³/mol. The van der Waals surface area contributed by atoms with Crippen molar-refractivity contribution in [1.82, 2.24) is 20.2 Å². The van der Waals surface area contributed by atoms with Gasteiger partial charge in [-0.15, -0.1) is 0 Å². The molecule has 6 heteroatoms. The van der Waals surface area contributed by atoms with E-state index < -0.39 is 0 Å². The Morgan fingerprint density at radius 3 is 2.76 bits per heavy atom. The average Bonchev–Trinajstić information content (AvgIpc) is 2.67. The largest absolute Gasteiger partial charge is 0.355 e. The van der Waals surface area contributed by atoms with Crippen LogP contribution < -0.4 is 10.2 Å². The first-order valence-corrected chi connectivity index (χ1v) is 9.57. The fourth-order valence-corrected chi connectivity index (χ4v) is 4.24. The maximum Gasteiger partial charge on any atom is 0.224 e. The van der Waals surface area contributed by atoms with Gasteiger partial charge in [-0.25, -0.2) is 4.98 Å². The monoisotopic (exact) mass is 345 g/mol. The van der Waals surface area contributed by atoms with Gasteiger partial charge in [-0.3, -0.25) is 9.78 Å². The van der Waals surface area contributed by atoms with E-state index in [4.69, 9.17) is 0 Å². The molecule has 1 N–H and O–H groups in total. The zero-order valence-corrected chi connectivity index (χ0v) is 15.6. The van der Waals surface area contributed by atoms with Crippen LogP contribution in [-0.4, -0.2) is 60.0 Å². The zero-order chi connectivity index (χ0) is 17.7. The molecule has 1 aliphatic carbocycles. The first kappa shape index (κ1) is 18.1. The van der Waals surface area contributed by atoms with E-state index in [-0.39, 0.29) is 17.4 Å². The van der Waals surface area contributed by atoms with Crippen LogP contribution in [0.4, 0.5) is 5.82 Å². The molecule has 2 fully saturated rings. The quantitative estimate of drug-likeness (QED) is 0.885. The van der Waals surface area contributed by atoms with E-state index in [1.807, 2.05) is 0 Å². The minimum absolute atomic E-state index is 0.0403. The Kier molecular flexibility index (Phi) is 5.89. The Morgan fingerprint density at radius 1 is 1.28 bits per heavy atom. The van der Waals surface area contributed by atoms with Gasteiger partial charge in [0, 0.05) is 37.6 Å². The van der Waals surface area contributed by atoms with Gasteiger partial charge in [0.05, 0.1) is 12.1 Å². The van der Waals surface area contributed by atoms with E-state index in [1.165, 1.54) is 32.1 Å². The second-order valence-electron chi connectivity index (χ2n) is 7.75. The summed E-state index contributed by atoms with van der Waals surface area (Å²) in [6, 6.07) is 0. The summed E-state index contributed by atoms with van der Waals surface area (Å²) in [6.07, 6.45) is 13.3. The Labute approximate surface area is 151 Å². The summed E-state index contributed by atoms with van der Waals surface area (Å²) in [4.78, 5) is 25.8. The van der Waals surface area contributed by atoms with Crippen LogP contribution in [0.15, 0.2) is 18.6 Å². The van der Waals surface area contributed by atoms with Gasteiger partial charge in [-0.1, -0.05) is 19.3 Å². The number of piperidine rings is 1. The SMILES string of the molecule is CN(C)C1(CNC(=O)[C@H]2CCCN(c3cnccn3)C2)CCCCC1. The lowest BCUT2D eigenvalue weighted by Gasteiger charge is -2.43. The lowest BCUT2D eigenvalue weighted by Crippen LogP contribution is -2.55. The van der Waals surface area contributed by atoms with Crippen LogP contribution in [0.1, 0.15) is 44.9 Å². The molecular formula is C19H31N5O. The minimum atomic E-state index is 0.0403. The third-order valence-corrected chi connectivity index (χ3v) is 5.99. The average molecular weight is 345 g/mol. The van der Waals surface area contributed by atoms with Crippen LogP contribution in [-0.2, 0) is 4.79 Å². The predicted octanol–water partition coefficient (Wildman–Crippen LogP) is 2.07. The molecule has 1 aromatic heterocycles. The molecule has 6 nitrogen and oxygen atoms in total. The number of likely N-dealkylation sites (N-methyl/N-ethyl adjacent to an activating group) is 1. The van der Waals surface area contributed by atoms with Crippen molar-refractivity contribution < 1.29 is 4.79 Å². The van der Waals surface area contributed by atoms with Crippen LogP contribution in [0.25, 0.3) is 0 Å². The molecule has 25 heavy (non-hydrogen) atoms. The van der Waals surface area contributed by atoms with Crippen molar-refractivity contribution in [2.45, 2.75) is 50.5 Å². The summed E-state index contributed by atoms with van der Waals surface area (Å²) in [5, 5.41) is 3.27. The molecule has 0 radical (unpaired) electrons.